The van der Waals surface area contributed by atoms with Gasteiger partial charge in [0.2, 0.25) is 0 Å². The number of carbonyl (C=O) groups is 1. The van der Waals surface area contributed by atoms with E-state index in [9.17, 15) is 4.79 Å². The minimum absolute atomic E-state index is 0.412. The molecular weight excluding hydrogens is 134 g/mol. The van der Waals surface area contributed by atoms with Crippen LogP contribution in [0.1, 0.15) is 13.8 Å². The van der Waals surface area contributed by atoms with Gasteiger partial charge in [-0.3, -0.25) is 9.63 Å². The van der Waals surface area contributed by atoms with E-state index in [0.717, 1.165) is 5.06 Å². The summed E-state index contributed by atoms with van der Waals surface area (Å²) in [5, 5.41) is 9.88. The molecule has 1 atom stereocenters. The highest BCUT2D eigenvalue weighted by molar-refractivity contribution is 5.79. The lowest BCUT2D eigenvalue weighted by Crippen LogP contribution is -2.36. The summed E-state index contributed by atoms with van der Waals surface area (Å²) in [5.74, 6) is -0.412. The van der Waals surface area contributed by atoms with Crippen LogP contribution in [0, 0.1) is 0 Å². The standard InChI is InChI=1S/C6H13NO3/c1-4-7(10-3)6(9)5(2)8/h5,8H,4H2,1-3H3. The third-order valence-corrected chi connectivity index (χ3v) is 1.11. The lowest BCUT2D eigenvalue weighted by Gasteiger charge is -2.18. The molecule has 0 saturated heterocycles. The molecule has 0 aliphatic heterocycles. The Morgan fingerprint density at radius 3 is 2.40 bits per heavy atom. The molecular formula is C6H13NO3. The zero-order valence-corrected chi connectivity index (χ0v) is 6.50. The van der Waals surface area contributed by atoms with Gasteiger partial charge in [-0.15, -0.1) is 0 Å². The molecule has 0 aromatic carbocycles. The average Bonchev–Trinajstić information content (AvgIpc) is 1.90. The van der Waals surface area contributed by atoms with Gasteiger partial charge in [0, 0.05) is 6.54 Å². The summed E-state index contributed by atoms with van der Waals surface area (Å²) in [7, 11) is 1.39. The summed E-state index contributed by atoms with van der Waals surface area (Å²) in [6.07, 6.45) is -0.986. The molecule has 0 aromatic heterocycles. The molecule has 1 unspecified atom stereocenters. The molecule has 0 fully saturated rings. The van der Waals surface area contributed by atoms with Crippen LogP contribution in [0.15, 0.2) is 0 Å². The van der Waals surface area contributed by atoms with Crippen LogP contribution in [0.4, 0.5) is 0 Å². The van der Waals surface area contributed by atoms with Crippen molar-refractivity contribution in [2.45, 2.75) is 20.0 Å². The van der Waals surface area contributed by atoms with Gasteiger partial charge in [0.25, 0.3) is 5.91 Å². The summed E-state index contributed by atoms with van der Waals surface area (Å²) < 4.78 is 0. The van der Waals surface area contributed by atoms with Crippen LogP contribution >= 0.6 is 0 Å². The monoisotopic (exact) mass is 147 g/mol. The van der Waals surface area contributed by atoms with Crippen LogP contribution in [0.3, 0.4) is 0 Å². The Kier molecular flexibility index (Phi) is 3.99. The van der Waals surface area contributed by atoms with Gasteiger partial charge in [-0.2, -0.15) is 0 Å². The second-order valence-corrected chi connectivity index (χ2v) is 1.89. The lowest BCUT2D eigenvalue weighted by atomic mass is 10.4. The Balaban J connectivity index is 3.89. The Labute approximate surface area is 60.3 Å². The first kappa shape index (κ1) is 9.39. The van der Waals surface area contributed by atoms with Crippen LogP contribution in [-0.4, -0.2) is 35.8 Å². The van der Waals surface area contributed by atoms with E-state index in [2.05, 4.69) is 4.84 Å². The van der Waals surface area contributed by atoms with Crippen molar-refractivity contribution < 1.29 is 14.7 Å². The molecule has 4 nitrogen and oxygen atoms in total. The van der Waals surface area contributed by atoms with Gasteiger partial charge in [0.15, 0.2) is 0 Å². The van der Waals surface area contributed by atoms with Crippen molar-refractivity contribution in [2.75, 3.05) is 13.7 Å². The summed E-state index contributed by atoms with van der Waals surface area (Å²) in [5.41, 5.74) is 0. The summed E-state index contributed by atoms with van der Waals surface area (Å²) in [4.78, 5) is 15.5. The zero-order chi connectivity index (χ0) is 8.15. The number of nitrogens with zero attached hydrogens (tertiary/aromatic N) is 1. The van der Waals surface area contributed by atoms with Crippen molar-refractivity contribution >= 4 is 5.91 Å². The predicted octanol–water partition coefficient (Wildman–Crippen LogP) is -0.223. The summed E-state index contributed by atoms with van der Waals surface area (Å²) in [6.45, 7) is 3.62. The van der Waals surface area contributed by atoms with E-state index in [4.69, 9.17) is 5.11 Å². The first-order valence-electron chi connectivity index (χ1n) is 3.17. The second-order valence-electron chi connectivity index (χ2n) is 1.89. The van der Waals surface area contributed by atoms with Gasteiger partial charge in [-0.05, 0) is 13.8 Å². The summed E-state index contributed by atoms with van der Waals surface area (Å²) in [6, 6.07) is 0. The topological polar surface area (TPSA) is 49.8 Å². The Morgan fingerprint density at radius 1 is 1.80 bits per heavy atom. The van der Waals surface area contributed by atoms with E-state index in [1.54, 1.807) is 6.92 Å². The van der Waals surface area contributed by atoms with E-state index in [-0.39, 0.29) is 0 Å². The maximum Gasteiger partial charge on any atom is 0.274 e. The third kappa shape index (κ3) is 2.33. The average molecular weight is 147 g/mol. The van der Waals surface area contributed by atoms with E-state index < -0.39 is 12.0 Å². The van der Waals surface area contributed by atoms with Crippen molar-refractivity contribution in [3.63, 3.8) is 0 Å². The molecule has 10 heavy (non-hydrogen) atoms. The minimum Gasteiger partial charge on any atom is -0.383 e. The van der Waals surface area contributed by atoms with Crippen LogP contribution < -0.4 is 0 Å². The number of likely N-dealkylation sites (N-methyl/N-ethyl adjacent to an activating group) is 1. The first-order chi connectivity index (χ1) is 4.63. The number of hydroxylamine groups is 2. The fraction of sp³-hybridized carbons (Fsp3) is 0.833. The minimum atomic E-state index is -0.986. The number of amides is 1. The fourth-order valence-electron chi connectivity index (χ4n) is 0.583. The van der Waals surface area contributed by atoms with Crippen molar-refractivity contribution in [2.24, 2.45) is 0 Å². The van der Waals surface area contributed by atoms with Crippen molar-refractivity contribution in [3.8, 4) is 0 Å². The molecule has 1 N–H and O–H groups in total. The fourth-order valence-corrected chi connectivity index (χ4v) is 0.583. The van der Waals surface area contributed by atoms with Crippen LogP contribution in [0.25, 0.3) is 0 Å². The van der Waals surface area contributed by atoms with Gasteiger partial charge in [0.1, 0.15) is 6.10 Å². The van der Waals surface area contributed by atoms with Gasteiger partial charge in [-0.1, -0.05) is 0 Å². The normalized spacial score (nSPS) is 12.8. The number of aliphatic hydroxyl groups is 1. The van der Waals surface area contributed by atoms with Crippen molar-refractivity contribution in [1.82, 2.24) is 5.06 Å². The Morgan fingerprint density at radius 2 is 2.30 bits per heavy atom. The van der Waals surface area contributed by atoms with E-state index >= 15 is 0 Å². The molecule has 0 radical (unpaired) electrons. The molecule has 0 spiro atoms. The largest absolute Gasteiger partial charge is 0.383 e. The Bertz CT molecular complexity index is 110. The van der Waals surface area contributed by atoms with Crippen molar-refractivity contribution in [3.05, 3.63) is 0 Å². The molecule has 0 aromatic rings. The maximum atomic E-state index is 10.9. The quantitative estimate of drug-likeness (QED) is 0.561. The smallest absolute Gasteiger partial charge is 0.274 e. The second kappa shape index (κ2) is 4.24. The molecule has 1 amide bonds. The number of carbonyl (C=O) groups excluding carboxylic acids is 1. The van der Waals surface area contributed by atoms with E-state index in [1.165, 1.54) is 14.0 Å². The molecule has 0 aliphatic carbocycles. The first-order valence-corrected chi connectivity index (χ1v) is 3.17. The molecule has 60 valence electrons. The molecule has 0 rings (SSSR count). The summed E-state index contributed by atoms with van der Waals surface area (Å²) >= 11 is 0. The van der Waals surface area contributed by atoms with Gasteiger partial charge in [-0.25, -0.2) is 5.06 Å². The molecule has 0 saturated carbocycles. The van der Waals surface area contributed by atoms with Crippen molar-refractivity contribution in [1.29, 1.82) is 0 Å². The lowest BCUT2D eigenvalue weighted by molar-refractivity contribution is -0.182. The number of aliphatic hydroxyl groups excluding tert-OH is 1. The van der Waals surface area contributed by atoms with E-state index in [0.29, 0.717) is 6.54 Å². The molecule has 0 heterocycles. The molecule has 0 bridgehead atoms. The van der Waals surface area contributed by atoms with Crippen LogP contribution in [-0.2, 0) is 9.63 Å². The molecule has 0 aliphatic rings. The zero-order valence-electron chi connectivity index (χ0n) is 6.50. The number of hydrogen-bond acceptors (Lipinski definition) is 3. The highest BCUT2D eigenvalue weighted by Crippen LogP contribution is 1.93. The molecule has 4 heteroatoms. The van der Waals surface area contributed by atoms with Gasteiger partial charge in [0.05, 0.1) is 7.11 Å². The highest BCUT2D eigenvalue weighted by Gasteiger charge is 2.15. The Hall–Kier alpha value is -0.610. The van der Waals surface area contributed by atoms with Crippen LogP contribution in [0.2, 0.25) is 0 Å². The third-order valence-electron chi connectivity index (χ3n) is 1.11. The maximum absolute atomic E-state index is 10.9. The highest BCUT2D eigenvalue weighted by atomic mass is 16.7. The van der Waals surface area contributed by atoms with Crippen LogP contribution in [0.5, 0.6) is 0 Å². The predicted molar refractivity (Wildman–Crippen MR) is 36.1 cm³/mol. The van der Waals surface area contributed by atoms with Gasteiger partial charge < -0.3 is 5.11 Å². The number of rotatable bonds is 3. The SMILES string of the molecule is CCN(OC)C(=O)C(C)O. The van der Waals surface area contributed by atoms with Gasteiger partial charge >= 0.3 is 0 Å². The number of hydrogen-bond donors (Lipinski definition) is 1. The van der Waals surface area contributed by atoms with E-state index in [1.807, 2.05) is 0 Å².